The van der Waals surface area contributed by atoms with Crippen molar-refractivity contribution < 1.29 is 4.57 Å². The maximum Gasteiger partial charge on any atom is 0.168 e. The molecule has 0 aromatic carbocycles. The molecule has 0 fully saturated rings. The van der Waals surface area contributed by atoms with E-state index in [1.807, 2.05) is 0 Å². The molecule has 0 N–H and O–H groups in total. The number of aromatic nitrogens is 1. The molecule has 0 aliphatic heterocycles. The van der Waals surface area contributed by atoms with Crippen LogP contribution in [0.15, 0.2) is 30.6 Å². The molecule has 1 aromatic rings. The molecule has 23 heavy (non-hydrogen) atoms. The zero-order valence-corrected chi connectivity index (χ0v) is 16.0. The van der Waals surface area contributed by atoms with E-state index in [1.54, 1.807) is 0 Å². The van der Waals surface area contributed by atoms with Crippen molar-refractivity contribution in [2.24, 2.45) is 5.92 Å². The van der Waals surface area contributed by atoms with Gasteiger partial charge in [-0.1, -0.05) is 46.1 Å². The third-order valence-corrected chi connectivity index (χ3v) is 5.15. The van der Waals surface area contributed by atoms with Crippen LogP contribution in [0.2, 0.25) is 0 Å². The second kappa shape index (κ2) is 12.5. The van der Waals surface area contributed by atoms with Gasteiger partial charge in [-0.15, -0.1) is 0 Å². The summed E-state index contributed by atoms with van der Waals surface area (Å²) in [4.78, 5) is 2.76. The van der Waals surface area contributed by atoms with Crippen LogP contribution in [0.25, 0.3) is 0 Å². The van der Waals surface area contributed by atoms with Gasteiger partial charge in [-0.25, -0.2) is 4.57 Å². The summed E-state index contributed by atoms with van der Waals surface area (Å²) in [6, 6.07) is 7.06. The predicted octanol–water partition coefficient (Wildman–Crippen LogP) is 5.07. The van der Waals surface area contributed by atoms with Crippen molar-refractivity contribution >= 4 is 0 Å². The second-order valence-corrected chi connectivity index (χ2v) is 6.91. The summed E-state index contributed by atoms with van der Waals surface area (Å²) in [6.45, 7) is 13.1. The molecule has 0 aliphatic rings. The number of pyridine rings is 1. The first-order chi connectivity index (χ1) is 11.2. The molecule has 2 atom stereocenters. The molecular formula is C21H39N2+. The molecule has 132 valence electrons. The van der Waals surface area contributed by atoms with Gasteiger partial charge in [0, 0.05) is 24.6 Å². The Bertz CT molecular complexity index is 369. The SMILES string of the molecule is CCCCN(CCCC)C(C)C(CC)CCC[n+]1ccccc1. The molecular weight excluding hydrogens is 280 g/mol. The Morgan fingerprint density at radius 1 is 0.870 bits per heavy atom. The van der Waals surface area contributed by atoms with Crippen LogP contribution >= 0.6 is 0 Å². The van der Waals surface area contributed by atoms with E-state index in [0.29, 0.717) is 0 Å². The highest BCUT2D eigenvalue weighted by Crippen LogP contribution is 2.21. The quantitative estimate of drug-likeness (QED) is 0.460. The second-order valence-electron chi connectivity index (χ2n) is 6.91. The van der Waals surface area contributed by atoms with Gasteiger partial charge in [-0.05, 0) is 45.2 Å². The van der Waals surface area contributed by atoms with Crippen LogP contribution in [0.3, 0.4) is 0 Å². The van der Waals surface area contributed by atoms with Crippen molar-refractivity contribution in [3.63, 3.8) is 0 Å². The van der Waals surface area contributed by atoms with E-state index >= 15 is 0 Å². The fourth-order valence-corrected chi connectivity index (χ4v) is 3.45. The lowest BCUT2D eigenvalue weighted by atomic mass is 9.91. The summed E-state index contributed by atoms with van der Waals surface area (Å²) < 4.78 is 2.31. The van der Waals surface area contributed by atoms with Crippen molar-refractivity contribution in [2.75, 3.05) is 13.1 Å². The first-order valence-electron chi connectivity index (χ1n) is 9.91. The highest BCUT2D eigenvalue weighted by molar-refractivity contribution is 4.83. The minimum absolute atomic E-state index is 0.721. The topological polar surface area (TPSA) is 7.12 Å². The minimum Gasteiger partial charge on any atom is -0.300 e. The first-order valence-corrected chi connectivity index (χ1v) is 9.91. The number of nitrogens with zero attached hydrogens (tertiary/aromatic N) is 2. The van der Waals surface area contributed by atoms with E-state index in [2.05, 4.69) is 67.8 Å². The Kier molecular flexibility index (Phi) is 11.0. The van der Waals surface area contributed by atoms with Gasteiger partial charge in [0.25, 0.3) is 0 Å². The van der Waals surface area contributed by atoms with Gasteiger partial charge < -0.3 is 4.90 Å². The summed E-state index contributed by atoms with van der Waals surface area (Å²) in [6.07, 6.45) is 13.6. The van der Waals surface area contributed by atoms with Crippen molar-refractivity contribution in [3.05, 3.63) is 30.6 Å². The average Bonchev–Trinajstić information content (AvgIpc) is 2.59. The summed E-state index contributed by atoms with van der Waals surface area (Å²) in [7, 11) is 0. The van der Waals surface area contributed by atoms with Gasteiger partial charge in [0.2, 0.25) is 0 Å². The molecule has 1 aromatic heterocycles. The van der Waals surface area contributed by atoms with Crippen LogP contribution in [0, 0.1) is 5.92 Å². The lowest BCUT2D eigenvalue weighted by molar-refractivity contribution is -0.697. The molecule has 0 saturated heterocycles. The number of hydrogen-bond acceptors (Lipinski definition) is 1. The van der Waals surface area contributed by atoms with Gasteiger partial charge in [0.15, 0.2) is 12.4 Å². The van der Waals surface area contributed by atoms with Crippen LogP contribution in [-0.4, -0.2) is 24.0 Å². The van der Waals surface area contributed by atoms with E-state index in [0.717, 1.165) is 18.5 Å². The maximum atomic E-state index is 2.76. The molecule has 2 heteroatoms. The van der Waals surface area contributed by atoms with E-state index < -0.39 is 0 Å². The van der Waals surface area contributed by atoms with Crippen LogP contribution in [0.1, 0.15) is 72.6 Å². The molecule has 0 radical (unpaired) electrons. The highest BCUT2D eigenvalue weighted by atomic mass is 15.1. The molecule has 0 amide bonds. The maximum absolute atomic E-state index is 2.76. The van der Waals surface area contributed by atoms with Crippen molar-refractivity contribution in [1.29, 1.82) is 0 Å². The summed E-state index contributed by atoms with van der Waals surface area (Å²) in [5.74, 6) is 0.827. The molecule has 2 unspecified atom stereocenters. The smallest absolute Gasteiger partial charge is 0.168 e. The Hall–Kier alpha value is -0.890. The fourth-order valence-electron chi connectivity index (χ4n) is 3.45. The predicted molar refractivity (Wildman–Crippen MR) is 101 cm³/mol. The zero-order valence-electron chi connectivity index (χ0n) is 16.0. The third-order valence-electron chi connectivity index (χ3n) is 5.15. The first kappa shape index (κ1) is 20.2. The summed E-state index contributed by atoms with van der Waals surface area (Å²) in [5.41, 5.74) is 0. The van der Waals surface area contributed by atoms with Crippen LogP contribution < -0.4 is 4.57 Å². The zero-order chi connectivity index (χ0) is 16.9. The third kappa shape index (κ3) is 7.97. The molecule has 0 aliphatic carbocycles. The standard InChI is InChI=1S/C21H39N2/c1-5-8-18-23(19-9-6-2)20(4)21(7-3)14-13-17-22-15-11-10-12-16-22/h10-12,15-16,20-21H,5-9,13-14,17-19H2,1-4H3/q+1. The normalized spacial score (nSPS) is 14.1. The van der Waals surface area contributed by atoms with Gasteiger partial charge in [-0.3, -0.25) is 0 Å². The minimum atomic E-state index is 0.721. The van der Waals surface area contributed by atoms with Gasteiger partial charge in [0.1, 0.15) is 6.54 Å². The lowest BCUT2D eigenvalue weighted by Gasteiger charge is -2.34. The molecule has 0 bridgehead atoms. The van der Waals surface area contributed by atoms with E-state index in [-0.39, 0.29) is 0 Å². The van der Waals surface area contributed by atoms with Crippen molar-refractivity contribution in [3.8, 4) is 0 Å². The Morgan fingerprint density at radius 3 is 2.00 bits per heavy atom. The van der Waals surface area contributed by atoms with Crippen molar-refractivity contribution in [1.82, 2.24) is 4.90 Å². The number of rotatable bonds is 13. The monoisotopic (exact) mass is 319 g/mol. The molecule has 0 spiro atoms. The number of hydrogen-bond donors (Lipinski definition) is 0. The summed E-state index contributed by atoms with van der Waals surface area (Å²) in [5, 5.41) is 0. The van der Waals surface area contributed by atoms with Gasteiger partial charge in [0.05, 0.1) is 0 Å². The van der Waals surface area contributed by atoms with Crippen LogP contribution in [0.4, 0.5) is 0 Å². The van der Waals surface area contributed by atoms with Crippen LogP contribution in [0.5, 0.6) is 0 Å². The summed E-state index contributed by atoms with van der Waals surface area (Å²) >= 11 is 0. The van der Waals surface area contributed by atoms with Crippen molar-refractivity contribution in [2.45, 2.75) is 85.2 Å². The van der Waals surface area contributed by atoms with Gasteiger partial charge >= 0.3 is 0 Å². The number of aryl methyl sites for hydroxylation is 1. The molecule has 1 heterocycles. The van der Waals surface area contributed by atoms with E-state index in [9.17, 15) is 0 Å². The fraction of sp³-hybridized carbons (Fsp3) is 0.762. The molecule has 0 saturated carbocycles. The van der Waals surface area contributed by atoms with Gasteiger partial charge in [-0.2, -0.15) is 0 Å². The lowest BCUT2D eigenvalue weighted by Crippen LogP contribution is -2.40. The number of unbranched alkanes of at least 4 members (excludes halogenated alkanes) is 2. The average molecular weight is 320 g/mol. The Labute approximate surface area is 144 Å². The van der Waals surface area contributed by atoms with E-state index in [4.69, 9.17) is 0 Å². The Balaban J connectivity index is 2.47. The molecule has 1 rings (SSSR count). The van der Waals surface area contributed by atoms with E-state index in [1.165, 1.54) is 58.0 Å². The highest BCUT2D eigenvalue weighted by Gasteiger charge is 2.21. The van der Waals surface area contributed by atoms with Crippen LogP contribution in [-0.2, 0) is 6.54 Å². The largest absolute Gasteiger partial charge is 0.300 e. The Morgan fingerprint density at radius 2 is 1.48 bits per heavy atom. The molecule has 2 nitrogen and oxygen atoms in total.